The first-order valence-corrected chi connectivity index (χ1v) is 5.88. The van der Waals surface area contributed by atoms with Gasteiger partial charge in [0.1, 0.15) is 0 Å². The summed E-state index contributed by atoms with van der Waals surface area (Å²) < 4.78 is 0. The largest absolute Gasteiger partial charge is 0.396 e. The highest BCUT2D eigenvalue weighted by Crippen LogP contribution is 2.17. The Morgan fingerprint density at radius 1 is 1.47 bits per heavy atom. The van der Waals surface area contributed by atoms with Gasteiger partial charge in [0.2, 0.25) is 5.91 Å². The maximum absolute atomic E-state index is 11.5. The third-order valence-corrected chi connectivity index (χ3v) is 2.94. The van der Waals surface area contributed by atoms with E-state index in [4.69, 9.17) is 5.11 Å². The first kappa shape index (κ1) is 12.5. The summed E-state index contributed by atoms with van der Waals surface area (Å²) in [5.41, 5.74) is 0. The molecule has 1 fully saturated rings. The standard InChI is InChI=1S/C11H22N2O2/c1-2-12-11(15)10-4-7-13(8-5-10)6-3-9-14/h10,14H,2-9H2,1H3,(H,12,15). The van der Waals surface area contributed by atoms with Gasteiger partial charge in [0.15, 0.2) is 0 Å². The second kappa shape index (κ2) is 6.80. The Morgan fingerprint density at radius 2 is 2.13 bits per heavy atom. The number of hydrogen-bond acceptors (Lipinski definition) is 3. The van der Waals surface area contributed by atoms with E-state index in [1.54, 1.807) is 0 Å². The van der Waals surface area contributed by atoms with Crippen molar-refractivity contribution in [2.24, 2.45) is 5.92 Å². The Bertz CT molecular complexity index is 189. The molecule has 0 bridgehead atoms. The van der Waals surface area contributed by atoms with Crippen molar-refractivity contribution in [1.82, 2.24) is 10.2 Å². The fourth-order valence-corrected chi connectivity index (χ4v) is 2.03. The van der Waals surface area contributed by atoms with E-state index in [0.29, 0.717) is 0 Å². The van der Waals surface area contributed by atoms with Crippen LogP contribution >= 0.6 is 0 Å². The third-order valence-electron chi connectivity index (χ3n) is 2.94. The van der Waals surface area contributed by atoms with Crippen LogP contribution in [0.4, 0.5) is 0 Å². The van der Waals surface area contributed by atoms with E-state index >= 15 is 0 Å². The fraction of sp³-hybridized carbons (Fsp3) is 0.909. The number of carbonyl (C=O) groups excluding carboxylic acids is 1. The molecule has 4 heteroatoms. The van der Waals surface area contributed by atoms with Crippen molar-refractivity contribution < 1.29 is 9.90 Å². The molecule has 0 aliphatic carbocycles. The normalized spacial score (nSPS) is 19.1. The maximum atomic E-state index is 11.5. The van der Waals surface area contributed by atoms with Crippen LogP contribution in [0.2, 0.25) is 0 Å². The van der Waals surface area contributed by atoms with Crippen LogP contribution in [0.3, 0.4) is 0 Å². The monoisotopic (exact) mass is 214 g/mol. The summed E-state index contributed by atoms with van der Waals surface area (Å²) in [5, 5.41) is 11.6. The molecule has 0 saturated carbocycles. The molecule has 15 heavy (non-hydrogen) atoms. The van der Waals surface area contributed by atoms with Gasteiger partial charge in [-0.3, -0.25) is 4.79 Å². The molecule has 1 rings (SSSR count). The molecule has 1 aliphatic heterocycles. The molecule has 0 aromatic heterocycles. The topological polar surface area (TPSA) is 52.6 Å². The molecule has 1 saturated heterocycles. The van der Waals surface area contributed by atoms with Crippen molar-refractivity contribution in [2.45, 2.75) is 26.2 Å². The minimum absolute atomic E-state index is 0.204. The Balaban J connectivity index is 2.20. The average Bonchev–Trinajstić information content (AvgIpc) is 2.27. The highest BCUT2D eigenvalue weighted by Gasteiger charge is 2.23. The molecular formula is C11H22N2O2. The van der Waals surface area contributed by atoms with Crippen LogP contribution in [0.25, 0.3) is 0 Å². The van der Waals surface area contributed by atoms with E-state index in [1.807, 2.05) is 6.92 Å². The molecule has 1 heterocycles. The van der Waals surface area contributed by atoms with Gasteiger partial charge in [-0.1, -0.05) is 0 Å². The molecular weight excluding hydrogens is 192 g/mol. The number of carbonyl (C=O) groups is 1. The van der Waals surface area contributed by atoms with Gasteiger partial charge in [-0.2, -0.15) is 0 Å². The number of rotatable bonds is 5. The molecule has 1 amide bonds. The Hall–Kier alpha value is -0.610. The minimum atomic E-state index is 0.204. The highest BCUT2D eigenvalue weighted by molar-refractivity contribution is 5.78. The predicted octanol–water partition coefficient (Wildman–Crippen LogP) is 0.217. The summed E-state index contributed by atoms with van der Waals surface area (Å²) in [5.74, 6) is 0.412. The molecule has 0 unspecified atom stereocenters. The molecule has 0 aromatic rings. The second-order valence-corrected chi connectivity index (χ2v) is 4.09. The molecule has 88 valence electrons. The summed E-state index contributed by atoms with van der Waals surface area (Å²) in [6.07, 6.45) is 2.75. The lowest BCUT2D eigenvalue weighted by atomic mass is 9.96. The summed E-state index contributed by atoms with van der Waals surface area (Å²) in [7, 11) is 0. The van der Waals surface area contributed by atoms with Crippen LogP contribution in [0.5, 0.6) is 0 Å². The summed E-state index contributed by atoms with van der Waals surface area (Å²) in [6.45, 7) is 5.87. The van der Waals surface area contributed by atoms with E-state index < -0.39 is 0 Å². The number of aliphatic hydroxyl groups excluding tert-OH is 1. The van der Waals surface area contributed by atoms with E-state index in [1.165, 1.54) is 0 Å². The number of piperidine rings is 1. The molecule has 0 atom stereocenters. The van der Waals surface area contributed by atoms with Gasteiger partial charge in [0, 0.05) is 25.6 Å². The van der Waals surface area contributed by atoms with Crippen molar-refractivity contribution in [3.8, 4) is 0 Å². The highest BCUT2D eigenvalue weighted by atomic mass is 16.3. The van der Waals surface area contributed by atoms with Crippen molar-refractivity contribution in [3.63, 3.8) is 0 Å². The van der Waals surface area contributed by atoms with Gasteiger partial charge in [0.05, 0.1) is 0 Å². The van der Waals surface area contributed by atoms with Crippen LogP contribution in [0.15, 0.2) is 0 Å². The number of hydrogen-bond donors (Lipinski definition) is 2. The van der Waals surface area contributed by atoms with Gasteiger partial charge >= 0.3 is 0 Å². The summed E-state index contributed by atoms with van der Waals surface area (Å²) in [4.78, 5) is 13.9. The fourth-order valence-electron chi connectivity index (χ4n) is 2.03. The number of aliphatic hydroxyl groups is 1. The van der Waals surface area contributed by atoms with Gasteiger partial charge in [-0.15, -0.1) is 0 Å². The van der Waals surface area contributed by atoms with Crippen molar-refractivity contribution in [3.05, 3.63) is 0 Å². The van der Waals surface area contributed by atoms with Crippen molar-refractivity contribution in [1.29, 1.82) is 0 Å². The zero-order chi connectivity index (χ0) is 11.1. The van der Waals surface area contributed by atoms with Crippen molar-refractivity contribution in [2.75, 3.05) is 32.8 Å². The van der Waals surface area contributed by atoms with E-state index in [-0.39, 0.29) is 18.4 Å². The Labute approximate surface area is 91.6 Å². The smallest absolute Gasteiger partial charge is 0.223 e. The predicted molar refractivity (Wildman–Crippen MR) is 59.6 cm³/mol. The lowest BCUT2D eigenvalue weighted by molar-refractivity contribution is -0.126. The zero-order valence-corrected chi connectivity index (χ0v) is 9.54. The number of nitrogens with zero attached hydrogens (tertiary/aromatic N) is 1. The maximum Gasteiger partial charge on any atom is 0.223 e. The van der Waals surface area contributed by atoms with Crippen LogP contribution in [-0.4, -0.2) is 48.7 Å². The van der Waals surface area contributed by atoms with Gasteiger partial charge in [0.25, 0.3) is 0 Å². The quantitative estimate of drug-likeness (QED) is 0.688. The number of nitrogens with one attached hydrogen (secondary N) is 1. The Kier molecular flexibility index (Phi) is 5.65. The molecule has 2 N–H and O–H groups in total. The summed E-state index contributed by atoms with van der Waals surface area (Å²) in [6, 6.07) is 0. The van der Waals surface area contributed by atoms with Crippen LogP contribution in [-0.2, 0) is 4.79 Å². The van der Waals surface area contributed by atoms with E-state index in [2.05, 4.69) is 10.2 Å². The molecule has 1 aliphatic rings. The average molecular weight is 214 g/mol. The first-order chi connectivity index (χ1) is 7.27. The SMILES string of the molecule is CCNC(=O)C1CCN(CCCO)CC1. The van der Waals surface area contributed by atoms with Crippen molar-refractivity contribution >= 4 is 5.91 Å². The van der Waals surface area contributed by atoms with Crippen LogP contribution in [0.1, 0.15) is 26.2 Å². The van der Waals surface area contributed by atoms with Gasteiger partial charge < -0.3 is 15.3 Å². The van der Waals surface area contributed by atoms with Crippen LogP contribution in [0, 0.1) is 5.92 Å². The first-order valence-electron chi connectivity index (χ1n) is 5.88. The lowest BCUT2D eigenvalue weighted by Gasteiger charge is -2.30. The number of likely N-dealkylation sites (tertiary alicyclic amines) is 1. The summed E-state index contributed by atoms with van der Waals surface area (Å²) >= 11 is 0. The molecule has 0 aromatic carbocycles. The second-order valence-electron chi connectivity index (χ2n) is 4.09. The lowest BCUT2D eigenvalue weighted by Crippen LogP contribution is -2.40. The van der Waals surface area contributed by atoms with Gasteiger partial charge in [-0.05, 0) is 39.3 Å². The van der Waals surface area contributed by atoms with E-state index in [9.17, 15) is 4.79 Å². The van der Waals surface area contributed by atoms with E-state index in [0.717, 1.165) is 45.4 Å². The molecule has 0 spiro atoms. The molecule has 0 radical (unpaired) electrons. The van der Waals surface area contributed by atoms with Gasteiger partial charge in [-0.25, -0.2) is 0 Å². The van der Waals surface area contributed by atoms with Crippen LogP contribution < -0.4 is 5.32 Å². The molecule has 4 nitrogen and oxygen atoms in total. The Morgan fingerprint density at radius 3 is 2.67 bits per heavy atom. The minimum Gasteiger partial charge on any atom is -0.396 e. The third kappa shape index (κ3) is 4.18. The zero-order valence-electron chi connectivity index (χ0n) is 9.54. The number of amides is 1.